The highest BCUT2D eigenvalue weighted by Crippen LogP contribution is 2.56. The molecule has 0 aromatic carbocycles. The minimum atomic E-state index is -0.843. The van der Waals surface area contributed by atoms with Crippen LogP contribution < -0.4 is 0 Å². The maximum absolute atomic E-state index is 13.1. The van der Waals surface area contributed by atoms with E-state index in [1.807, 2.05) is 0 Å². The Morgan fingerprint density at radius 3 is 1.48 bits per heavy atom. The van der Waals surface area contributed by atoms with Crippen LogP contribution in [0, 0.1) is 17.3 Å². The van der Waals surface area contributed by atoms with E-state index >= 15 is 0 Å². The summed E-state index contributed by atoms with van der Waals surface area (Å²) in [6.45, 7) is 0.595. The first-order valence-corrected chi connectivity index (χ1v) is 9.43. The molecule has 5 rings (SSSR count). The molecule has 0 aromatic rings. The molecule has 0 atom stereocenters. The molecule has 1 saturated carbocycles. The van der Waals surface area contributed by atoms with E-state index in [9.17, 15) is 19.2 Å². The quantitative estimate of drug-likeness (QED) is 0.380. The first kappa shape index (κ1) is 16.5. The molecule has 1 aliphatic carbocycles. The molecule has 5 aliphatic rings. The summed E-state index contributed by atoms with van der Waals surface area (Å²) in [6.07, 6.45) is 10.0. The Kier molecular flexibility index (Phi) is 4.01. The smallest absolute Gasteiger partial charge is 0.242 e. The van der Waals surface area contributed by atoms with Gasteiger partial charge in [-0.05, 0) is 38.5 Å². The number of rotatable bonds is 0. The number of hydrogen-bond donors (Lipinski definition) is 0. The Hall–Kier alpha value is -1.98. The number of carbonyl (C=O) groups excluding carboxylic acids is 4. The summed E-state index contributed by atoms with van der Waals surface area (Å²) in [7, 11) is 0. The monoisotopic (exact) mass is 344 g/mol. The summed E-state index contributed by atoms with van der Waals surface area (Å²) >= 11 is 0. The van der Waals surface area contributed by atoms with Crippen molar-refractivity contribution in [2.45, 2.75) is 51.4 Å². The lowest BCUT2D eigenvalue weighted by molar-refractivity contribution is -0.186. The van der Waals surface area contributed by atoms with Gasteiger partial charge in [-0.1, -0.05) is 25.0 Å². The zero-order valence-corrected chi connectivity index (χ0v) is 14.4. The van der Waals surface area contributed by atoms with E-state index in [1.54, 1.807) is 0 Å². The normalized spacial score (nSPS) is 29.3. The number of hydrogen-bond acceptors (Lipinski definition) is 4. The molecule has 0 aromatic heterocycles. The minimum Gasteiger partial charge on any atom is -0.281 e. The van der Waals surface area contributed by atoms with E-state index in [4.69, 9.17) is 0 Å². The summed E-state index contributed by atoms with van der Waals surface area (Å²) in [5, 5.41) is 0. The third-order valence-electron chi connectivity index (χ3n) is 6.41. The predicted molar refractivity (Wildman–Crippen MR) is 88.9 cm³/mol. The fraction of sp³-hybridized carbons (Fsp3) is 0.684. The highest BCUT2D eigenvalue weighted by molar-refractivity contribution is 6.22. The fourth-order valence-electron chi connectivity index (χ4n) is 5.22. The van der Waals surface area contributed by atoms with E-state index in [2.05, 4.69) is 12.2 Å². The van der Waals surface area contributed by atoms with Crippen LogP contribution in [-0.4, -0.2) is 46.5 Å². The summed E-state index contributed by atoms with van der Waals surface area (Å²) in [5.41, 5.74) is -0.756. The van der Waals surface area contributed by atoms with Crippen molar-refractivity contribution in [2.24, 2.45) is 17.3 Å². The number of allylic oxidation sites excluding steroid dienone is 2. The number of fused-ring (bicyclic) bond motifs is 6. The largest absolute Gasteiger partial charge is 0.281 e. The van der Waals surface area contributed by atoms with Crippen molar-refractivity contribution in [1.82, 2.24) is 9.80 Å². The molecule has 0 radical (unpaired) electrons. The molecule has 3 fully saturated rings. The maximum Gasteiger partial charge on any atom is 0.242 e. The zero-order valence-electron chi connectivity index (χ0n) is 14.4. The van der Waals surface area contributed by atoms with Crippen LogP contribution in [0.25, 0.3) is 0 Å². The Morgan fingerprint density at radius 1 is 0.680 bits per heavy atom. The van der Waals surface area contributed by atoms with Gasteiger partial charge >= 0.3 is 0 Å². The van der Waals surface area contributed by atoms with E-state index in [0.29, 0.717) is 38.8 Å². The van der Waals surface area contributed by atoms with Crippen molar-refractivity contribution >= 4 is 23.6 Å². The molecule has 4 amide bonds. The van der Waals surface area contributed by atoms with Crippen molar-refractivity contribution in [3.63, 3.8) is 0 Å². The third-order valence-corrected chi connectivity index (χ3v) is 6.41. The van der Waals surface area contributed by atoms with Crippen LogP contribution in [0.5, 0.6) is 0 Å². The molecule has 4 heterocycles. The van der Waals surface area contributed by atoms with Gasteiger partial charge in [-0.3, -0.25) is 29.0 Å². The van der Waals surface area contributed by atoms with Gasteiger partial charge in [-0.2, -0.15) is 0 Å². The molecular weight excluding hydrogens is 320 g/mol. The van der Waals surface area contributed by atoms with E-state index < -0.39 is 17.3 Å². The molecule has 2 saturated heterocycles. The SMILES string of the molecule is O=C1C2C(=O)N3CCC/C=C\CCCN1C(=O)C(C3=O)C21CCCC1. The van der Waals surface area contributed by atoms with Gasteiger partial charge in [0.1, 0.15) is 11.8 Å². The summed E-state index contributed by atoms with van der Waals surface area (Å²) in [6, 6.07) is 0. The predicted octanol–water partition coefficient (Wildman–Crippen LogP) is 1.65. The van der Waals surface area contributed by atoms with Crippen molar-refractivity contribution in [2.75, 3.05) is 13.1 Å². The van der Waals surface area contributed by atoms with Gasteiger partial charge in [-0.15, -0.1) is 0 Å². The Bertz CT molecular complexity index is 580. The first-order valence-electron chi connectivity index (χ1n) is 9.43. The fourth-order valence-corrected chi connectivity index (χ4v) is 5.22. The van der Waals surface area contributed by atoms with Crippen LogP contribution in [0.3, 0.4) is 0 Å². The van der Waals surface area contributed by atoms with Crippen molar-refractivity contribution < 1.29 is 19.2 Å². The van der Waals surface area contributed by atoms with Crippen molar-refractivity contribution in [1.29, 1.82) is 0 Å². The Labute approximate surface area is 147 Å². The average Bonchev–Trinajstić information content (AvgIpc) is 3.03. The molecule has 25 heavy (non-hydrogen) atoms. The Morgan fingerprint density at radius 2 is 1.08 bits per heavy atom. The number of imide groups is 2. The molecule has 134 valence electrons. The lowest BCUT2D eigenvalue weighted by atomic mass is 9.58. The van der Waals surface area contributed by atoms with Gasteiger partial charge in [-0.25, -0.2) is 0 Å². The van der Waals surface area contributed by atoms with Crippen LogP contribution in [0.1, 0.15) is 51.4 Å². The number of carbonyl (C=O) groups is 4. The van der Waals surface area contributed by atoms with Gasteiger partial charge in [0, 0.05) is 18.5 Å². The summed E-state index contributed by atoms with van der Waals surface area (Å²) in [5.74, 6) is -3.15. The summed E-state index contributed by atoms with van der Waals surface area (Å²) < 4.78 is 0. The van der Waals surface area contributed by atoms with Crippen molar-refractivity contribution in [3.05, 3.63) is 12.2 Å². The first-order chi connectivity index (χ1) is 12.1. The van der Waals surface area contributed by atoms with Gasteiger partial charge in [0.2, 0.25) is 23.6 Å². The lowest BCUT2D eigenvalue weighted by Crippen LogP contribution is -2.71. The van der Waals surface area contributed by atoms with Gasteiger partial charge in [0.25, 0.3) is 0 Å². The topological polar surface area (TPSA) is 74.8 Å². The second-order valence-electron chi connectivity index (χ2n) is 7.72. The molecule has 0 N–H and O–H groups in total. The molecule has 6 nitrogen and oxygen atoms in total. The van der Waals surface area contributed by atoms with E-state index in [1.165, 1.54) is 9.80 Å². The number of amides is 4. The van der Waals surface area contributed by atoms with Gasteiger partial charge in [0.05, 0.1) is 0 Å². The van der Waals surface area contributed by atoms with Gasteiger partial charge in [0.15, 0.2) is 0 Å². The standard InChI is InChI=1S/C19H24N2O4/c22-15-13-17(24)21-12-8-4-2-1-3-7-11-20(15)16(23)14(18(21)25)19(13)9-5-6-10-19/h1-2,13-14H,3-12H2/b2-1-. The van der Waals surface area contributed by atoms with Crippen LogP contribution >= 0.6 is 0 Å². The van der Waals surface area contributed by atoms with Crippen LogP contribution in [-0.2, 0) is 19.2 Å². The molecular formula is C19H24N2O4. The van der Waals surface area contributed by atoms with Crippen LogP contribution in [0.15, 0.2) is 12.2 Å². The van der Waals surface area contributed by atoms with Crippen molar-refractivity contribution in [3.8, 4) is 0 Å². The van der Waals surface area contributed by atoms with E-state index in [-0.39, 0.29) is 23.6 Å². The zero-order chi connectivity index (χ0) is 17.6. The number of piperidine rings is 2. The molecule has 4 bridgehead atoms. The van der Waals surface area contributed by atoms with Crippen LogP contribution in [0.2, 0.25) is 0 Å². The highest BCUT2D eigenvalue weighted by atomic mass is 16.2. The molecule has 0 unspecified atom stereocenters. The minimum absolute atomic E-state index is 0.297. The Balaban J connectivity index is 1.81. The third kappa shape index (κ3) is 2.29. The average molecular weight is 344 g/mol. The molecule has 1 spiro atoms. The van der Waals surface area contributed by atoms with E-state index in [0.717, 1.165) is 25.7 Å². The summed E-state index contributed by atoms with van der Waals surface area (Å²) in [4.78, 5) is 54.9. The molecule has 6 heteroatoms. The lowest BCUT2D eigenvalue weighted by Gasteiger charge is -2.52. The van der Waals surface area contributed by atoms with Crippen LogP contribution in [0.4, 0.5) is 0 Å². The highest BCUT2D eigenvalue weighted by Gasteiger charge is 2.68. The second kappa shape index (κ2) is 6.07. The van der Waals surface area contributed by atoms with Gasteiger partial charge < -0.3 is 0 Å². The number of nitrogens with zero attached hydrogens (tertiary/aromatic N) is 2. The molecule has 4 aliphatic heterocycles. The maximum atomic E-state index is 13.1. The second-order valence-corrected chi connectivity index (χ2v) is 7.72.